The molecule has 1 unspecified atom stereocenters. The molecule has 2 N–H and O–H groups in total. The van der Waals surface area contributed by atoms with Crippen LogP contribution in [0.25, 0.3) is 5.69 Å². The van der Waals surface area contributed by atoms with Crippen molar-refractivity contribution in [3.63, 3.8) is 0 Å². The van der Waals surface area contributed by atoms with Gasteiger partial charge in [-0.25, -0.2) is 0 Å². The maximum Gasteiger partial charge on any atom is 0.263 e. The molecule has 0 aliphatic carbocycles. The molecule has 4 rings (SSSR count). The van der Waals surface area contributed by atoms with Crippen molar-refractivity contribution in [3.05, 3.63) is 78.6 Å². The molecule has 0 spiro atoms. The number of aromatic hydroxyl groups is 1. The van der Waals surface area contributed by atoms with Crippen LogP contribution in [0, 0.1) is 0 Å². The van der Waals surface area contributed by atoms with Gasteiger partial charge in [0.1, 0.15) is 11.5 Å². The number of nitrogens with one attached hydrogen (secondary N) is 1. The van der Waals surface area contributed by atoms with Gasteiger partial charge in [0.2, 0.25) is 0 Å². The molecule has 0 radical (unpaired) electrons. The number of phenols is 1. The van der Waals surface area contributed by atoms with Gasteiger partial charge in [-0.15, -0.1) is 0 Å². The Balaban J connectivity index is 1.25. The summed E-state index contributed by atoms with van der Waals surface area (Å²) in [6, 6.07) is 17.7. The highest BCUT2D eigenvalue weighted by atomic mass is 16.5. The average molecular weight is 434 g/mol. The third-order valence-corrected chi connectivity index (χ3v) is 5.67. The quantitative estimate of drug-likeness (QED) is 0.624. The first-order valence-corrected chi connectivity index (χ1v) is 10.8. The van der Waals surface area contributed by atoms with Crippen LogP contribution < -0.4 is 10.1 Å². The largest absolute Gasteiger partial charge is 0.508 e. The number of piperidine rings is 1. The van der Waals surface area contributed by atoms with Gasteiger partial charge in [-0.1, -0.05) is 0 Å². The lowest BCUT2D eigenvalue weighted by molar-refractivity contribution is -0.139. The van der Waals surface area contributed by atoms with Crippen molar-refractivity contribution in [3.8, 4) is 17.2 Å². The van der Waals surface area contributed by atoms with Gasteiger partial charge in [0.05, 0.1) is 0 Å². The average Bonchev–Trinajstić information content (AvgIpc) is 3.36. The van der Waals surface area contributed by atoms with Crippen LogP contribution in [0.4, 0.5) is 0 Å². The van der Waals surface area contributed by atoms with E-state index in [1.165, 1.54) is 12.1 Å². The van der Waals surface area contributed by atoms with Crippen molar-refractivity contribution in [1.82, 2.24) is 14.8 Å². The Morgan fingerprint density at radius 1 is 1.00 bits per heavy atom. The Morgan fingerprint density at radius 3 is 2.25 bits per heavy atom. The topological polar surface area (TPSA) is 83.8 Å². The Bertz CT molecular complexity index is 1040. The predicted molar refractivity (Wildman–Crippen MR) is 121 cm³/mol. The van der Waals surface area contributed by atoms with E-state index in [9.17, 15) is 14.7 Å². The smallest absolute Gasteiger partial charge is 0.263 e. The highest BCUT2D eigenvalue weighted by molar-refractivity contribution is 5.94. The molecule has 1 fully saturated rings. The summed E-state index contributed by atoms with van der Waals surface area (Å²) in [6.07, 6.45) is 4.70. The van der Waals surface area contributed by atoms with Gasteiger partial charge in [-0.3, -0.25) is 9.59 Å². The summed E-state index contributed by atoms with van der Waals surface area (Å²) >= 11 is 0. The second-order valence-corrected chi connectivity index (χ2v) is 7.96. The summed E-state index contributed by atoms with van der Waals surface area (Å²) in [5, 5.41) is 12.4. The first-order valence-electron chi connectivity index (χ1n) is 10.8. The van der Waals surface area contributed by atoms with E-state index in [-0.39, 0.29) is 23.6 Å². The number of aromatic nitrogens is 1. The highest BCUT2D eigenvalue weighted by Gasteiger charge is 2.28. The van der Waals surface area contributed by atoms with E-state index in [0.29, 0.717) is 37.2 Å². The Morgan fingerprint density at radius 2 is 1.62 bits per heavy atom. The lowest BCUT2D eigenvalue weighted by atomic mass is 10.0. The second kappa shape index (κ2) is 9.60. The Kier molecular flexibility index (Phi) is 6.44. The zero-order chi connectivity index (χ0) is 22.5. The van der Waals surface area contributed by atoms with Crippen molar-refractivity contribution in [2.24, 2.45) is 0 Å². The maximum absolute atomic E-state index is 12.7. The molecule has 3 aromatic rings. The third kappa shape index (κ3) is 5.11. The van der Waals surface area contributed by atoms with Crippen LogP contribution >= 0.6 is 0 Å². The monoisotopic (exact) mass is 433 g/mol. The first kappa shape index (κ1) is 21.5. The third-order valence-electron chi connectivity index (χ3n) is 5.67. The molecule has 0 bridgehead atoms. The van der Waals surface area contributed by atoms with Crippen molar-refractivity contribution in [2.45, 2.75) is 31.9 Å². The molecular formula is C25H27N3O4. The molecule has 7 nitrogen and oxygen atoms in total. The van der Waals surface area contributed by atoms with E-state index in [0.717, 1.165) is 5.69 Å². The van der Waals surface area contributed by atoms with E-state index in [1.54, 1.807) is 24.0 Å². The number of carbonyl (C=O) groups is 2. The van der Waals surface area contributed by atoms with Crippen LogP contribution in [0.15, 0.2) is 73.1 Å². The zero-order valence-electron chi connectivity index (χ0n) is 18.0. The van der Waals surface area contributed by atoms with Gasteiger partial charge in [0.15, 0.2) is 6.10 Å². The van der Waals surface area contributed by atoms with Crippen LogP contribution in [0.1, 0.15) is 30.1 Å². The van der Waals surface area contributed by atoms with Gasteiger partial charge in [0, 0.05) is 42.8 Å². The number of carbonyl (C=O) groups excluding carboxylic acids is 2. The molecule has 1 saturated heterocycles. The fourth-order valence-electron chi connectivity index (χ4n) is 3.84. The molecule has 1 aliphatic rings. The number of likely N-dealkylation sites (tertiary alicyclic amines) is 1. The minimum Gasteiger partial charge on any atom is -0.508 e. The van der Waals surface area contributed by atoms with Crippen molar-refractivity contribution < 1.29 is 19.4 Å². The summed E-state index contributed by atoms with van der Waals surface area (Å²) in [5.74, 6) is 0.507. The van der Waals surface area contributed by atoms with Gasteiger partial charge < -0.3 is 24.6 Å². The first-order chi connectivity index (χ1) is 15.5. The maximum atomic E-state index is 12.7. The Labute approximate surface area is 187 Å². The number of benzene rings is 2. The number of amides is 2. The molecule has 1 aliphatic heterocycles. The van der Waals surface area contributed by atoms with Gasteiger partial charge >= 0.3 is 0 Å². The van der Waals surface area contributed by atoms with E-state index in [1.807, 2.05) is 53.4 Å². The molecule has 2 heterocycles. The van der Waals surface area contributed by atoms with Crippen LogP contribution in [-0.2, 0) is 4.79 Å². The van der Waals surface area contributed by atoms with E-state index in [4.69, 9.17) is 4.74 Å². The standard InChI is InChI=1S/C25H27N3O4/c1-18(32-23-10-8-22(29)9-11-23)25(31)28-16-12-20(13-17-28)26-24(30)19-4-6-21(7-5-19)27-14-2-3-15-27/h2-11,14-15,18,20,29H,12-13,16-17H2,1H3,(H,26,30). The zero-order valence-corrected chi connectivity index (χ0v) is 18.0. The lowest BCUT2D eigenvalue weighted by Crippen LogP contribution is -2.49. The highest BCUT2D eigenvalue weighted by Crippen LogP contribution is 2.19. The fourth-order valence-corrected chi connectivity index (χ4v) is 3.84. The van der Waals surface area contributed by atoms with Crippen LogP contribution in [0.2, 0.25) is 0 Å². The Hall–Kier alpha value is -3.74. The molecular weight excluding hydrogens is 406 g/mol. The number of hydrogen-bond acceptors (Lipinski definition) is 4. The van der Waals surface area contributed by atoms with Crippen molar-refractivity contribution >= 4 is 11.8 Å². The molecule has 1 aromatic heterocycles. The van der Waals surface area contributed by atoms with E-state index < -0.39 is 6.10 Å². The molecule has 0 saturated carbocycles. The lowest BCUT2D eigenvalue weighted by Gasteiger charge is -2.33. The number of phenolic OH excluding ortho intramolecular Hbond substituents is 1. The minimum absolute atomic E-state index is 0.0315. The summed E-state index contributed by atoms with van der Waals surface area (Å²) < 4.78 is 7.68. The predicted octanol–water partition coefficient (Wildman–Crippen LogP) is 3.37. The molecule has 1 atom stereocenters. The molecule has 2 amide bonds. The number of rotatable bonds is 6. The van der Waals surface area contributed by atoms with Crippen LogP contribution in [0.3, 0.4) is 0 Å². The van der Waals surface area contributed by atoms with Gasteiger partial charge in [0.25, 0.3) is 11.8 Å². The van der Waals surface area contributed by atoms with E-state index in [2.05, 4.69) is 5.32 Å². The molecule has 32 heavy (non-hydrogen) atoms. The SMILES string of the molecule is CC(Oc1ccc(O)cc1)C(=O)N1CCC(NC(=O)c2ccc(-n3cccc3)cc2)CC1. The fraction of sp³-hybridized carbons (Fsp3) is 0.280. The summed E-state index contributed by atoms with van der Waals surface area (Å²) in [7, 11) is 0. The normalized spacial score (nSPS) is 15.2. The van der Waals surface area contributed by atoms with Crippen LogP contribution in [0.5, 0.6) is 11.5 Å². The molecule has 166 valence electrons. The number of nitrogens with zero attached hydrogens (tertiary/aromatic N) is 2. The van der Waals surface area contributed by atoms with Crippen LogP contribution in [-0.4, -0.2) is 51.6 Å². The summed E-state index contributed by atoms with van der Waals surface area (Å²) in [5.41, 5.74) is 1.62. The molecule has 7 heteroatoms. The molecule has 2 aromatic carbocycles. The summed E-state index contributed by atoms with van der Waals surface area (Å²) in [6.45, 7) is 2.86. The van der Waals surface area contributed by atoms with Crippen molar-refractivity contribution in [2.75, 3.05) is 13.1 Å². The second-order valence-electron chi connectivity index (χ2n) is 7.96. The van der Waals surface area contributed by atoms with Crippen molar-refractivity contribution in [1.29, 1.82) is 0 Å². The summed E-state index contributed by atoms with van der Waals surface area (Å²) in [4.78, 5) is 27.1. The van der Waals surface area contributed by atoms with E-state index >= 15 is 0 Å². The minimum atomic E-state index is -0.621. The van der Waals surface area contributed by atoms with Gasteiger partial charge in [-0.2, -0.15) is 0 Å². The number of hydrogen-bond donors (Lipinski definition) is 2. The number of ether oxygens (including phenoxy) is 1. The van der Waals surface area contributed by atoms with Gasteiger partial charge in [-0.05, 0) is 80.4 Å².